The van der Waals surface area contributed by atoms with Gasteiger partial charge in [-0.05, 0) is 54.8 Å². The van der Waals surface area contributed by atoms with E-state index in [0.29, 0.717) is 42.1 Å². The van der Waals surface area contributed by atoms with Gasteiger partial charge in [-0.1, -0.05) is 25.1 Å². The number of amides is 3. The number of hydrogen-bond acceptors (Lipinski definition) is 6. The third-order valence-electron chi connectivity index (χ3n) is 6.03. The Morgan fingerprint density at radius 3 is 2.43 bits per heavy atom. The number of carbonyl (C=O) groups excluding carboxylic acids is 3. The van der Waals surface area contributed by atoms with Gasteiger partial charge in [-0.25, -0.2) is 0 Å². The van der Waals surface area contributed by atoms with E-state index in [2.05, 4.69) is 10.6 Å². The van der Waals surface area contributed by atoms with E-state index in [1.54, 1.807) is 35.7 Å². The van der Waals surface area contributed by atoms with Crippen LogP contribution in [0.5, 0.6) is 11.5 Å². The van der Waals surface area contributed by atoms with E-state index >= 15 is 0 Å². The fourth-order valence-corrected chi connectivity index (χ4v) is 4.96. The van der Waals surface area contributed by atoms with Gasteiger partial charge in [0.15, 0.2) is 0 Å². The van der Waals surface area contributed by atoms with Gasteiger partial charge in [-0.15, -0.1) is 11.3 Å². The summed E-state index contributed by atoms with van der Waals surface area (Å²) in [6.07, 6.45) is 0.553. The maximum atomic E-state index is 12.9. The largest absolute Gasteiger partial charge is 0.457 e. The molecule has 0 bridgehead atoms. The quantitative estimate of drug-likeness (QED) is 0.254. The molecular formula is C27H29N5O4S. The summed E-state index contributed by atoms with van der Waals surface area (Å²) in [5.74, 6) is 0.505. The number of nitrogen functional groups attached to an aromatic ring is 1. The zero-order valence-corrected chi connectivity index (χ0v) is 21.2. The van der Waals surface area contributed by atoms with Gasteiger partial charge in [0.1, 0.15) is 23.4 Å². The minimum atomic E-state index is -0.596. The van der Waals surface area contributed by atoms with Gasteiger partial charge in [-0.3, -0.25) is 19.8 Å². The highest BCUT2D eigenvalue weighted by atomic mass is 32.1. The third-order valence-corrected chi connectivity index (χ3v) is 6.97. The van der Waals surface area contributed by atoms with Gasteiger partial charge in [0.05, 0.1) is 13.1 Å². The number of para-hydroxylation sites is 1. The fourth-order valence-electron chi connectivity index (χ4n) is 4.14. The SMILES string of the molecule is CC1CC(C(=O)NCc2cc(C(=N)N)cs2)N(C(=O)CNC(=O)c2ccc(Oc3ccccc3)cc2)C1. The van der Waals surface area contributed by atoms with Crippen LogP contribution in [0.1, 0.15) is 34.1 Å². The molecule has 1 aliphatic heterocycles. The van der Waals surface area contributed by atoms with E-state index in [4.69, 9.17) is 15.9 Å². The number of nitrogens with zero attached hydrogens (tertiary/aromatic N) is 1. The number of hydrogen-bond donors (Lipinski definition) is 4. The Bertz CT molecular complexity index is 1280. The van der Waals surface area contributed by atoms with Crippen LogP contribution in [-0.2, 0) is 16.1 Å². The summed E-state index contributed by atoms with van der Waals surface area (Å²) in [5, 5.41) is 14.8. The maximum Gasteiger partial charge on any atom is 0.251 e. The van der Waals surface area contributed by atoms with E-state index in [0.717, 1.165) is 4.88 Å². The van der Waals surface area contributed by atoms with Crippen LogP contribution in [0.25, 0.3) is 0 Å². The predicted molar refractivity (Wildman–Crippen MR) is 142 cm³/mol. The lowest BCUT2D eigenvalue weighted by atomic mass is 10.1. The van der Waals surface area contributed by atoms with Crippen molar-refractivity contribution in [2.45, 2.75) is 25.9 Å². The van der Waals surface area contributed by atoms with Crippen LogP contribution in [0, 0.1) is 11.3 Å². The number of rotatable bonds is 9. The van der Waals surface area contributed by atoms with Crippen LogP contribution >= 0.6 is 11.3 Å². The molecule has 1 fully saturated rings. The standard InChI is InChI=1S/C27H29N5O4S/c1-17-11-23(27(35)30-13-22-12-19(16-37-22)25(28)29)32(15-17)24(33)14-31-26(34)18-7-9-21(10-8-18)36-20-5-3-2-4-6-20/h2-10,12,16-17,23H,11,13-15H2,1H3,(H3,28,29)(H,30,35)(H,31,34). The number of nitrogens with one attached hydrogen (secondary N) is 3. The molecule has 37 heavy (non-hydrogen) atoms. The zero-order chi connectivity index (χ0) is 26.4. The molecule has 1 aromatic heterocycles. The zero-order valence-electron chi connectivity index (χ0n) is 20.4. The Kier molecular flexibility index (Phi) is 8.19. The molecule has 1 saturated heterocycles. The summed E-state index contributed by atoms with van der Waals surface area (Å²) in [7, 11) is 0. The maximum absolute atomic E-state index is 12.9. The van der Waals surface area contributed by atoms with E-state index in [1.165, 1.54) is 16.2 Å². The van der Waals surface area contributed by atoms with Crippen molar-refractivity contribution in [2.24, 2.45) is 11.7 Å². The van der Waals surface area contributed by atoms with Crippen molar-refractivity contribution in [3.05, 3.63) is 82.0 Å². The Balaban J connectivity index is 1.29. The summed E-state index contributed by atoms with van der Waals surface area (Å²) in [4.78, 5) is 40.8. The lowest BCUT2D eigenvalue weighted by molar-refractivity contribution is -0.137. The number of amidine groups is 1. The average Bonchev–Trinajstić information content (AvgIpc) is 3.54. The number of nitrogens with two attached hydrogens (primary N) is 1. The molecule has 0 aliphatic carbocycles. The van der Waals surface area contributed by atoms with Crippen molar-refractivity contribution in [1.82, 2.24) is 15.5 Å². The van der Waals surface area contributed by atoms with Crippen molar-refractivity contribution in [3.8, 4) is 11.5 Å². The minimum absolute atomic E-state index is 0.0197. The molecule has 2 heterocycles. The highest BCUT2D eigenvalue weighted by molar-refractivity contribution is 7.10. The highest BCUT2D eigenvalue weighted by Gasteiger charge is 2.37. The monoisotopic (exact) mass is 519 g/mol. The number of thiophene rings is 1. The molecule has 1 aliphatic rings. The average molecular weight is 520 g/mol. The van der Waals surface area contributed by atoms with E-state index in [1.807, 2.05) is 37.3 Å². The Morgan fingerprint density at radius 1 is 1.05 bits per heavy atom. The van der Waals surface area contributed by atoms with Crippen molar-refractivity contribution < 1.29 is 19.1 Å². The molecule has 5 N–H and O–H groups in total. The lowest BCUT2D eigenvalue weighted by Crippen LogP contribution is -2.48. The lowest BCUT2D eigenvalue weighted by Gasteiger charge is -2.24. The molecular weight excluding hydrogens is 490 g/mol. The first-order chi connectivity index (χ1) is 17.8. The van der Waals surface area contributed by atoms with Crippen LogP contribution in [0.4, 0.5) is 0 Å². The summed E-state index contributed by atoms with van der Waals surface area (Å²) in [6.45, 7) is 2.53. The normalized spacial score (nSPS) is 16.7. The second-order valence-corrected chi connectivity index (χ2v) is 9.95. The summed E-state index contributed by atoms with van der Waals surface area (Å²) < 4.78 is 5.74. The van der Waals surface area contributed by atoms with Crippen LogP contribution in [0.2, 0.25) is 0 Å². The second-order valence-electron chi connectivity index (χ2n) is 8.96. The topological polar surface area (TPSA) is 138 Å². The Labute approximate surface area is 219 Å². The molecule has 0 saturated carbocycles. The van der Waals surface area contributed by atoms with Crippen molar-refractivity contribution in [2.75, 3.05) is 13.1 Å². The first-order valence-electron chi connectivity index (χ1n) is 11.9. The van der Waals surface area contributed by atoms with Crippen LogP contribution < -0.4 is 21.1 Å². The number of likely N-dealkylation sites (tertiary alicyclic amines) is 1. The van der Waals surface area contributed by atoms with E-state index in [-0.39, 0.29) is 36.0 Å². The van der Waals surface area contributed by atoms with Gasteiger partial charge >= 0.3 is 0 Å². The molecule has 0 spiro atoms. The molecule has 3 aromatic rings. The van der Waals surface area contributed by atoms with Crippen LogP contribution in [0.3, 0.4) is 0 Å². The van der Waals surface area contributed by atoms with Gasteiger partial charge in [0.25, 0.3) is 5.91 Å². The Hall–Kier alpha value is -4.18. The van der Waals surface area contributed by atoms with Gasteiger partial charge in [0.2, 0.25) is 11.8 Å². The molecule has 2 atom stereocenters. The van der Waals surface area contributed by atoms with Crippen molar-refractivity contribution in [3.63, 3.8) is 0 Å². The molecule has 10 heteroatoms. The minimum Gasteiger partial charge on any atom is -0.457 e. The molecule has 0 radical (unpaired) electrons. The predicted octanol–water partition coefficient (Wildman–Crippen LogP) is 3.11. The molecule has 2 unspecified atom stereocenters. The first-order valence-corrected chi connectivity index (χ1v) is 12.8. The molecule has 9 nitrogen and oxygen atoms in total. The van der Waals surface area contributed by atoms with Crippen LogP contribution in [-0.4, -0.2) is 47.6 Å². The van der Waals surface area contributed by atoms with Crippen molar-refractivity contribution >= 4 is 34.9 Å². The van der Waals surface area contributed by atoms with Gasteiger partial charge < -0.3 is 26.0 Å². The Morgan fingerprint density at radius 2 is 1.76 bits per heavy atom. The third kappa shape index (κ3) is 6.73. The van der Waals surface area contributed by atoms with E-state index in [9.17, 15) is 14.4 Å². The van der Waals surface area contributed by atoms with Crippen LogP contribution in [0.15, 0.2) is 66.0 Å². The number of carbonyl (C=O) groups is 3. The smallest absolute Gasteiger partial charge is 0.251 e. The van der Waals surface area contributed by atoms with E-state index < -0.39 is 6.04 Å². The summed E-state index contributed by atoms with van der Waals surface area (Å²) >= 11 is 1.41. The molecule has 4 rings (SSSR count). The fraction of sp³-hybridized carbons (Fsp3) is 0.259. The highest BCUT2D eigenvalue weighted by Crippen LogP contribution is 2.24. The van der Waals surface area contributed by atoms with Crippen molar-refractivity contribution in [1.29, 1.82) is 5.41 Å². The molecule has 192 valence electrons. The van der Waals surface area contributed by atoms with Gasteiger partial charge in [0, 0.05) is 27.9 Å². The summed E-state index contributed by atoms with van der Waals surface area (Å²) in [5.41, 5.74) is 6.52. The van der Waals surface area contributed by atoms with Gasteiger partial charge in [-0.2, -0.15) is 0 Å². The summed E-state index contributed by atoms with van der Waals surface area (Å²) in [6, 6.07) is 17.1. The second kappa shape index (κ2) is 11.7. The first kappa shape index (κ1) is 25.9. The number of ether oxygens (including phenoxy) is 1. The number of benzene rings is 2. The molecule has 2 aromatic carbocycles. The molecule has 3 amide bonds.